The Morgan fingerprint density at radius 3 is 2.13 bits per heavy atom. The number of anilines is 2. The highest BCUT2D eigenvalue weighted by atomic mass is 32.2. The zero-order valence-electron chi connectivity index (χ0n) is 16.9. The average molecular weight is 432 g/mol. The topological polar surface area (TPSA) is 114 Å². The number of benzene rings is 2. The Morgan fingerprint density at radius 2 is 1.60 bits per heavy atom. The standard InChI is InChI=1S/C21H25N3O5S/c1-15(25)23-17-7-9-19(10-8-17)30(27,28)24-18-5-3-16(4-6-18)21(11-12-21)20(26)22-13-14-29-2/h3-10,24H,11-14H2,1-2H3,(H,22,26)(H,23,25). The number of amides is 2. The molecule has 0 heterocycles. The van der Waals surface area contributed by atoms with Gasteiger partial charge in [0.15, 0.2) is 0 Å². The van der Waals surface area contributed by atoms with Crippen LogP contribution in [-0.2, 0) is 29.8 Å². The summed E-state index contributed by atoms with van der Waals surface area (Å²) in [6.45, 7) is 2.29. The molecule has 0 bridgehead atoms. The van der Waals surface area contributed by atoms with E-state index < -0.39 is 15.4 Å². The van der Waals surface area contributed by atoms with Crippen molar-refractivity contribution in [3.63, 3.8) is 0 Å². The van der Waals surface area contributed by atoms with Crippen molar-refractivity contribution in [2.45, 2.75) is 30.1 Å². The molecule has 0 unspecified atom stereocenters. The highest BCUT2D eigenvalue weighted by molar-refractivity contribution is 7.92. The van der Waals surface area contributed by atoms with Crippen LogP contribution in [0.2, 0.25) is 0 Å². The molecule has 0 atom stereocenters. The van der Waals surface area contributed by atoms with Gasteiger partial charge < -0.3 is 15.4 Å². The maximum absolute atomic E-state index is 12.6. The van der Waals surface area contributed by atoms with Gasteiger partial charge in [-0.2, -0.15) is 0 Å². The molecule has 30 heavy (non-hydrogen) atoms. The van der Waals surface area contributed by atoms with Crippen LogP contribution in [0, 0.1) is 0 Å². The second-order valence-electron chi connectivity index (χ2n) is 7.22. The number of hydrogen-bond donors (Lipinski definition) is 3. The third-order valence-electron chi connectivity index (χ3n) is 4.95. The average Bonchev–Trinajstić information content (AvgIpc) is 3.50. The van der Waals surface area contributed by atoms with Gasteiger partial charge in [0.25, 0.3) is 10.0 Å². The Morgan fingerprint density at radius 1 is 1.00 bits per heavy atom. The van der Waals surface area contributed by atoms with Gasteiger partial charge in [0.1, 0.15) is 0 Å². The molecule has 2 aromatic carbocycles. The predicted octanol–water partition coefficient (Wildman–Crippen LogP) is 2.24. The minimum absolute atomic E-state index is 0.0351. The van der Waals surface area contributed by atoms with Gasteiger partial charge in [0.05, 0.1) is 16.9 Å². The molecule has 8 nitrogen and oxygen atoms in total. The first-order chi connectivity index (χ1) is 14.3. The van der Waals surface area contributed by atoms with Crippen molar-refractivity contribution >= 4 is 33.2 Å². The van der Waals surface area contributed by atoms with E-state index >= 15 is 0 Å². The molecule has 3 N–H and O–H groups in total. The number of carbonyl (C=O) groups is 2. The molecule has 1 aliphatic carbocycles. The molecule has 2 amide bonds. The third kappa shape index (κ3) is 4.98. The number of carbonyl (C=O) groups excluding carboxylic acids is 2. The lowest BCUT2D eigenvalue weighted by molar-refractivity contribution is -0.123. The van der Waals surface area contributed by atoms with E-state index in [-0.39, 0.29) is 16.7 Å². The van der Waals surface area contributed by atoms with Gasteiger partial charge in [-0.15, -0.1) is 0 Å². The van der Waals surface area contributed by atoms with Crippen LogP contribution < -0.4 is 15.4 Å². The fraction of sp³-hybridized carbons (Fsp3) is 0.333. The van der Waals surface area contributed by atoms with Gasteiger partial charge in [-0.05, 0) is 54.8 Å². The van der Waals surface area contributed by atoms with E-state index in [4.69, 9.17) is 4.74 Å². The van der Waals surface area contributed by atoms with Gasteiger partial charge in [-0.3, -0.25) is 14.3 Å². The Hall–Kier alpha value is -2.91. The summed E-state index contributed by atoms with van der Waals surface area (Å²) in [6, 6.07) is 12.8. The fourth-order valence-electron chi connectivity index (χ4n) is 3.20. The second-order valence-corrected chi connectivity index (χ2v) is 8.90. The van der Waals surface area contributed by atoms with Crippen LogP contribution in [0.3, 0.4) is 0 Å². The van der Waals surface area contributed by atoms with Crippen LogP contribution in [0.4, 0.5) is 11.4 Å². The lowest BCUT2D eigenvalue weighted by atomic mass is 9.95. The van der Waals surface area contributed by atoms with E-state index in [0.29, 0.717) is 24.5 Å². The summed E-state index contributed by atoms with van der Waals surface area (Å²) in [5, 5.41) is 5.46. The number of hydrogen-bond acceptors (Lipinski definition) is 5. The van der Waals surface area contributed by atoms with Crippen molar-refractivity contribution in [3.05, 3.63) is 54.1 Å². The lowest BCUT2D eigenvalue weighted by Crippen LogP contribution is -2.36. The molecule has 2 aromatic rings. The largest absolute Gasteiger partial charge is 0.383 e. The van der Waals surface area contributed by atoms with Gasteiger partial charge in [-0.1, -0.05) is 12.1 Å². The van der Waals surface area contributed by atoms with Crippen LogP contribution in [0.15, 0.2) is 53.4 Å². The highest BCUT2D eigenvalue weighted by Crippen LogP contribution is 2.48. The number of sulfonamides is 1. The zero-order chi connectivity index (χ0) is 21.8. The van der Waals surface area contributed by atoms with Crippen LogP contribution in [-0.4, -0.2) is 40.5 Å². The summed E-state index contributed by atoms with van der Waals surface area (Å²) in [5.74, 6) is -0.267. The van der Waals surface area contributed by atoms with E-state index in [1.807, 2.05) is 0 Å². The van der Waals surface area contributed by atoms with Crippen LogP contribution in [0.5, 0.6) is 0 Å². The van der Waals surface area contributed by atoms with Crippen molar-refractivity contribution in [1.82, 2.24) is 5.32 Å². The Labute approximate surface area is 176 Å². The normalized spacial score (nSPS) is 14.6. The lowest BCUT2D eigenvalue weighted by Gasteiger charge is -2.16. The van der Waals surface area contributed by atoms with E-state index in [0.717, 1.165) is 18.4 Å². The maximum atomic E-state index is 12.6. The second kappa shape index (κ2) is 8.85. The van der Waals surface area contributed by atoms with E-state index in [1.165, 1.54) is 31.2 Å². The molecule has 3 rings (SSSR count). The van der Waals surface area contributed by atoms with Crippen LogP contribution in [0.1, 0.15) is 25.3 Å². The van der Waals surface area contributed by atoms with Gasteiger partial charge in [-0.25, -0.2) is 8.42 Å². The Balaban J connectivity index is 1.68. The summed E-state index contributed by atoms with van der Waals surface area (Å²) in [4.78, 5) is 23.6. The summed E-state index contributed by atoms with van der Waals surface area (Å²) in [6.07, 6.45) is 1.52. The molecule has 0 saturated heterocycles. The molecule has 0 radical (unpaired) electrons. The van der Waals surface area contributed by atoms with E-state index in [9.17, 15) is 18.0 Å². The van der Waals surface area contributed by atoms with Gasteiger partial charge in [0, 0.05) is 32.0 Å². The fourth-order valence-corrected chi connectivity index (χ4v) is 4.26. The molecule has 0 aliphatic heterocycles. The summed E-state index contributed by atoms with van der Waals surface area (Å²) < 4.78 is 32.7. The van der Waals surface area contributed by atoms with Crippen molar-refractivity contribution < 1.29 is 22.7 Å². The van der Waals surface area contributed by atoms with Gasteiger partial charge in [0.2, 0.25) is 11.8 Å². The monoisotopic (exact) mass is 431 g/mol. The molecule has 160 valence electrons. The van der Waals surface area contributed by atoms with Crippen molar-refractivity contribution in [2.24, 2.45) is 0 Å². The van der Waals surface area contributed by atoms with Crippen molar-refractivity contribution in [2.75, 3.05) is 30.3 Å². The molecule has 1 aliphatic rings. The minimum atomic E-state index is -3.78. The van der Waals surface area contributed by atoms with Crippen LogP contribution in [0.25, 0.3) is 0 Å². The third-order valence-corrected chi connectivity index (χ3v) is 6.35. The first-order valence-corrected chi connectivity index (χ1v) is 11.0. The minimum Gasteiger partial charge on any atom is -0.383 e. The SMILES string of the molecule is COCCNC(=O)C1(c2ccc(NS(=O)(=O)c3ccc(NC(C)=O)cc3)cc2)CC1. The predicted molar refractivity (Wildman–Crippen MR) is 114 cm³/mol. The maximum Gasteiger partial charge on any atom is 0.261 e. The smallest absolute Gasteiger partial charge is 0.261 e. The number of ether oxygens (including phenoxy) is 1. The van der Waals surface area contributed by atoms with Crippen molar-refractivity contribution in [1.29, 1.82) is 0 Å². The molecule has 0 spiro atoms. The molecule has 9 heteroatoms. The highest BCUT2D eigenvalue weighted by Gasteiger charge is 2.51. The van der Waals surface area contributed by atoms with Gasteiger partial charge >= 0.3 is 0 Å². The zero-order valence-corrected chi connectivity index (χ0v) is 17.7. The number of methoxy groups -OCH3 is 1. The molecule has 1 saturated carbocycles. The summed E-state index contributed by atoms with van der Waals surface area (Å²) in [5.41, 5.74) is 1.25. The Kier molecular flexibility index (Phi) is 6.42. The molecular weight excluding hydrogens is 406 g/mol. The molecular formula is C21H25N3O5S. The molecule has 0 aromatic heterocycles. The van der Waals surface area contributed by atoms with Crippen LogP contribution >= 0.6 is 0 Å². The first kappa shape index (κ1) is 21.8. The quantitative estimate of drug-likeness (QED) is 0.527. The molecule has 1 fully saturated rings. The van der Waals surface area contributed by atoms with E-state index in [2.05, 4.69) is 15.4 Å². The van der Waals surface area contributed by atoms with E-state index in [1.54, 1.807) is 31.4 Å². The first-order valence-electron chi connectivity index (χ1n) is 9.55. The van der Waals surface area contributed by atoms with Crippen molar-refractivity contribution in [3.8, 4) is 0 Å². The number of nitrogens with one attached hydrogen (secondary N) is 3. The Bertz CT molecular complexity index is 1010. The number of rotatable bonds is 9. The summed E-state index contributed by atoms with van der Waals surface area (Å²) in [7, 11) is -2.20. The summed E-state index contributed by atoms with van der Waals surface area (Å²) >= 11 is 0.